The molecule has 2 unspecified atom stereocenters. The molecule has 4 rings (SSSR count). The summed E-state index contributed by atoms with van der Waals surface area (Å²) in [6.07, 6.45) is 3.79. The Hall–Kier alpha value is -2.33. The van der Waals surface area contributed by atoms with E-state index in [-0.39, 0.29) is 22.9 Å². The van der Waals surface area contributed by atoms with Gasteiger partial charge in [-0.1, -0.05) is 12.1 Å². The number of sulfonamides is 1. The third-order valence-electron chi connectivity index (χ3n) is 5.89. The first kappa shape index (κ1) is 22.8. The topological polar surface area (TPSA) is 71.5 Å². The van der Waals surface area contributed by atoms with Gasteiger partial charge in [0.2, 0.25) is 10.0 Å². The van der Waals surface area contributed by atoms with E-state index in [1.807, 2.05) is 18.4 Å². The number of nitrogens with one attached hydrogen (secondary N) is 1. The van der Waals surface area contributed by atoms with Crippen molar-refractivity contribution in [2.75, 3.05) is 19.0 Å². The number of pyridine rings is 1. The van der Waals surface area contributed by atoms with Crippen molar-refractivity contribution in [3.63, 3.8) is 0 Å². The Balaban J connectivity index is 1.52. The summed E-state index contributed by atoms with van der Waals surface area (Å²) >= 11 is 1.66. The normalized spacial score (nSPS) is 19.2. The quantitative estimate of drug-likeness (QED) is 0.534. The molecule has 170 valence electrons. The fraction of sp³-hybridized carbons (Fsp3) is 0.348. The van der Waals surface area contributed by atoms with Crippen molar-refractivity contribution in [1.82, 2.24) is 9.29 Å². The van der Waals surface area contributed by atoms with Crippen LogP contribution in [0.15, 0.2) is 59.1 Å². The van der Waals surface area contributed by atoms with Gasteiger partial charge in [-0.25, -0.2) is 12.8 Å². The minimum atomic E-state index is -3.79. The maximum absolute atomic E-state index is 13.5. The second kappa shape index (κ2) is 9.66. The van der Waals surface area contributed by atoms with Crippen LogP contribution in [0.4, 0.5) is 10.1 Å². The van der Waals surface area contributed by atoms with E-state index in [9.17, 15) is 12.8 Å². The molecule has 3 aromatic rings. The molecule has 0 amide bonds. The molecule has 2 atom stereocenters. The Bertz CT molecular complexity index is 1170. The van der Waals surface area contributed by atoms with Gasteiger partial charge in [0.25, 0.3) is 0 Å². The Morgan fingerprint density at radius 3 is 2.75 bits per heavy atom. The Morgan fingerprint density at radius 1 is 1.25 bits per heavy atom. The highest BCUT2D eigenvalue weighted by atomic mass is 32.2. The minimum Gasteiger partial charge on any atom is -0.380 e. The van der Waals surface area contributed by atoms with Crippen LogP contribution >= 0.6 is 11.3 Å². The van der Waals surface area contributed by atoms with Crippen LogP contribution in [0.2, 0.25) is 0 Å². The van der Waals surface area contributed by atoms with Crippen molar-refractivity contribution in [3.05, 3.63) is 76.0 Å². The van der Waals surface area contributed by atoms with Crippen molar-refractivity contribution in [2.24, 2.45) is 0 Å². The molecule has 1 aliphatic rings. The molecule has 1 aliphatic heterocycles. The van der Waals surface area contributed by atoms with Crippen molar-refractivity contribution in [3.8, 4) is 0 Å². The molecule has 0 radical (unpaired) electrons. The van der Waals surface area contributed by atoms with Gasteiger partial charge in [0.15, 0.2) is 0 Å². The summed E-state index contributed by atoms with van der Waals surface area (Å²) in [5.74, 6) is -0.310. The van der Waals surface area contributed by atoms with Crippen molar-refractivity contribution >= 4 is 27.0 Å². The van der Waals surface area contributed by atoms with Crippen molar-refractivity contribution in [2.45, 2.75) is 43.4 Å². The highest BCUT2D eigenvalue weighted by Crippen LogP contribution is 2.33. The Morgan fingerprint density at radius 2 is 2.03 bits per heavy atom. The second-order valence-electron chi connectivity index (χ2n) is 7.84. The standard InChI is InChI=1S/C23H26FN3O3S2/c1-16-18(9-12-31-16)14-26-21-7-10-25-15-23(21)32(28,29)27(2)20-8-11-30-22(13-20)17-3-5-19(24)6-4-17/h3-7,9-10,12,15,20,22H,8,11,13-14H2,1-2H3,(H,25,26). The van der Waals surface area contributed by atoms with Crippen molar-refractivity contribution in [1.29, 1.82) is 0 Å². The molecule has 0 saturated carbocycles. The fourth-order valence-corrected chi connectivity index (χ4v) is 6.12. The molecule has 0 bridgehead atoms. The lowest BCUT2D eigenvalue weighted by molar-refractivity contribution is -0.0104. The lowest BCUT2D eigenvalue weighted by Gasteiger charge is -2.35. The van der Waals surface area contributed by atoms with Crippen LogP contribution in [0.25, 0.3) is 0 Å². The van der Waals surface area contributed by atoms with Gasteiger partial charge in [-0.2, -0.15) is 4.31 Å². The zero-order valence-electron chi connectivity index (χ0n) is 18.0. The summed E-state index contributed by atoms with van der Waals surface area (Å²) in [6.45, 7) is 3.01. The van der Waals surface area contributed by atoms with Crippen LogP contribution in [-0.4, -0.2) is 37.4 Å². The van der Waals surface area contributed by atoms with Crippen molar-refractivity contribution < 1.29 is 17.5 Å². The zero-order chi connectivity index (χ0) is 22.7. The van der Waals surface area contributed by atoms with Crippen LogP contribution in [-0.2, 0) is 21.3 Å². The van der Waals surface area contributed by atoms with Gasteiger partial charge in [0, 0.05) is 43.5 Å². The SMILES string of the molecule is Cc1sccc1CNc1ccncc1S(=O)(=O)N(C)C1CCOC(c2ccc(F)cc2)C1. The smallest absolute Gasteiger partial charge is 0.246 e. The van der Waals surface area contributed by atoms with E-state index in [1.165, 1.54) is 27.5 Å². The summed E-state index contributed by atoms with van der Waals surface area (Å²) in [5.41, 5.74) is 2.51. The highest BCUT2D eigenvalue weighted by molar-refractivity contribution is 7.89. The van der Waals surface area contributed by atoms with E-state index >= 15 is 0 Å². The lowest BCUT2D eigenvalue weighted by atomic mass is 9.97. The molecule has 6 nitrogen and oxygen atoms in total. The van der Waals surface area contributed by atoms with E-state index in [2.05, 4.69) is 10.3 Å². The van der Waals surface area contributed by atoms with Crippen LogP contribution < -0.4 is 5.32 Å². The third-order valence-corrected chi connectivity index (χ3v) is 8.71. The second-order valence-corrected chi connectivity index (χ2v) is 10.9. The van der Waals surface area contributed by atoms with Gasteiger partial charge >= 0.3 is 0 Å². The maximum Gasteiger partial charge on any atom is 0.246 e. The lowest BCUT2D eigenvalue weighted by Crippen LogP contribution is -2.41. The maximum atomic E-state index is 13.5. The number of ether oxygens (including phenoxy) is 1. The van der Waals surface area contributed by atoms with Crippen LogP contribution in [0.1, 0.15) is 34.9 Å². The number of rotatable bonds is 7. The van der Waals surface area contributed by atoms with Crippen LogP contribution in [0, 0.1) is 12.7 Å². The molecule has 1 aromatic carbocycles. The number of thiophene rings is 1. The van der Waals surface area contributed by atoms with Crippen LogP contribution in [0.5, 0.6) is 0 Å². The first-order valence-electron chi connectivity index (χ1n) is 10.4. The average molecular weight is 476 g/mol. The predicted octanol–water partition coefficient (Wildman–Crippen LogP) is 4.74. The van der Waals surface area contributed by atoms with E-state index in [0.29, 0.717) is 31.7 Å². The molecule has 0 aliphatic carbocycles. The number of aromatic nitrogens is 1. The number of hydrogen-bond acceptors (Lipinski definition) is 6. The highest BCUT2D eigenvalue weighted by Gasteiger charge is 2.34. The third kappa shape index (κ3) is 4.85. The molecule has 0 spiro atoms. The zero-order valence-corrected chi connectivity index (χ0v) is 19.6. The number of anilines is 1. The summed E-state index contributed by atoms with van der Waals surface area (Å²) in [5, 5.41) is 5.28. The van der Waals surface area contributed by atoms with Gasteiger partial charge in [-0.15, -0.1) is 11.3 Å². The summed E-state index contributed by atoms with van der Waals surface area (Å²) < 4.78 is 47.6. The number of halogens is 1. The van der Waals surface area contributed by atoms with E-state index in [1.54, 1.807) is 42.8 Å². The first-order chi connectivity index (χ1) is 15.4. The van der Waals surface area contributed by atoms with Gasteiger partial charge in [-0.3, -0.25) is 4.98 Å². The molecule has 1 saturated heterocycles. The largest absolute Gasteiger partial charge is 0.380 e. The Kier molecular flexibility index (Phi) is 6.90. The minimum absolute atomic E-state index is 0.153. The number of hydrogen-bond donors (Lipinski definition) is 1. The van der Waals surface area contributed by atoms with Crippen LogP contribution in [0.3, 0.4) is 0 Å². The monoisotopic (exact) mass is 475 g/mol. The Labute approximate surface area is 192 Å². The fourth-order valence-electron chi connectivity index (χ4n) is 3.89. The van der Waals surface area contributed by atoms with Gasteiger partial charge in [0.1, 0.15) is 10.7 Å². The molecular weight excluding hydrogens is 449 g/mol. The first-order valence-corrected chi connectivity index (χ1v) is 12.7. The molecule has 1 N–H and O–H groups in total. The number of aryl methyl sites for hydroxylation is 1. The molecule has 2 aromatic heterocycles. The average Bonchev–Trinajstić information content (AvgIpc) is 3.22. The molecule has 1 fully saturated rings. The van der Waals surface area contributed by atoms with Gasteiger partial charge in [0.05, 0.1) is 11.8 Å². The van der Waals surface area contributed by atoms with Gasteiger partial charge < -0.3 is 10.1 Å². The molecular formula is C23H26FN3O3S2. The molecule has 3 heterocycles. The van der Waals surface area contributed by atoms with E-state index < -0.39 is 10.0 Å². The molecule has 32 heavy (non-hydrogen) atoms. The predicted molar refractivity (Wildman–Crippen MR) is 124 cm³/mol. The number of benzene rings is 1. The number of nitrogens with zero attached hydrogens (tertiary/aromatic N) is 2. The summed E-state index contributed by atoms with van der Waals surface area (Å²) in [4.78, 5) is 5.42. The van der Waals surface area contributed by atoms with E-state index in [4.69, 9.17) is 4.74 Å². The van der Waals surface area contributed by atoms with Gasteiger partial charge in [-0.05, 0) is 60.5 Å². The summed E-state index contributed by atoms with van der Waals surface area (Å²) in [7, 11) is -2.18. The van der Waals surface area contributed by atoms with E-state index in [0.717, 1.165) is 11.1 Å². The molecule has 9 heteroatoms. The summed E-state index contributed by atoms with van der Waals surface area (Å²) in [6, 6.07) is 9.64.